The first-order valence-electron chi connectivity index (χ1n) is 7.70. The molecule has 1 amide bonds. The first kappa shape index (κ1) is 17.0. The molecule has 0 aromatic heterocycles. The van der Waals surface area contributed by atoms with Gasteiger partial charge in [0.25, 0.3) is 0 Å². The Morgan fingerprint density at radius 3 is 2.91 bits per heavy atom. The predicted octanol–water partition coefficient (Wildman–Crippen LogP) is 2.18. The molecule has 0 saturated carbocycles. The zero-order chi connectivity index (χ0) is 15.8. The van der Waals surface area contributed by atoms with E-state index in [1.54, 1.807) is 11.8 Å². The van der Waals surface area contributed by atoms with Crippen molar-refractivity contribution in [1.82, 2.24) is 5.32 Å². The van der Waals surface area contributed by atoms with E-state index in [9.17, 15) is 4.79 Å². The van der Waals surface area contributed by atoms with Gasteiger partial charge in [0, 0.05) is 36.1 Å². The summed E-state index contributed by atoms with van der Waals surface area (Å²) >= 11 is 1.65. The Balaban J connectivity index is 1.73. The summed E-state index contributed by atoms with van der Waals surface area (Å²) in [6, 6.07) is 6.05. The number of nitrogens with two attached hydrogens (primary N) is 1. The van der Waals surface area contributed by atoms with Crippen LogP contribution in [-0.2, 0) is 4.79 Å². The molecule has 0 radical (unpaired) electrons. The SMILES string of the molecule is CC(N)CCNC(=O)CCSc1ccc2c(c1)OCCCO2. The van der Waals surface area contributed by atoms with Crippen molar-refractivity contribution in [1.29, 1.82) is 0 Å². The van der Waals surface area contributed by atoms with Crippen molar-refractivity contribution in [2.45, 2.75) is 37.1 Å². The molecule has 0 aliphatic carbocycles. The average Bonchev–Trinajstić information content (AvgIpc) is 2.71. The maximum absolute atomic E-state index is 11.7. The van der Waals surface area contributed by atoms with E-state index in [1.807, 2.05) is 25.1 Å². The Bertz CT molecular complexity index is 494. The van der Waals surface area contributed by atoms with E-state index in [4.69, 9.17) is 15.2 Å². The number of ether oxygens (including phenoxy) is 2. The zero-order valence-electron chi connectivity index (χ0n) is 13.0. The second kappa shape index (κ2) is 8.90. The number of fused-ring (bicyclic) bond motifs is 1. The third-order valence-electron chi connectivity index (χ3n) is 3.24. The lowest BCUT2D eigenvalue weighted by atomic mass is 10.2. The summed E-state index contributed by atoms with van der Waals surface area (Å²) in [5, 5.41) is 2.88. The van der Waals surface area contributed by atoms with E-state index in [0.717, 1.165) is 35.0 Å². The van der Waals surface area contributed by atoms with Gasteiger partial charge in [-0.15, -0.1) is 11.8 Å². The topological polar surface area (TPSA) is 73.6 Å². The maximum Gasteiger partial charge on any atom is 0.220 e. The van der Waals surface area contributed by atoms with Crippen molar-refractivity contribution < 1.29 is 14.3 Å². The Kier molecular flexibility index (Phi) is 6.86. The van der Waals surface area contributed by atoms with Gasteiger partial charge in [0.2, 0.25) is 5.91 Å². The number of benzene rings is 1. The maximum atomic E-state index is 11.7. The van der Waals surface area contributed by atoms with Crippen LogP contribution in [0, 0.1) is 0 Å². The zero-order valence-corrected chi connectivity index (χ0v) is 13.8. The highest BCUT2D eigenvalue weighted by Gasteiger charge is 2.11. The summed E-state index contributed by atoms with van der Waals surface area (Å²) in [4.78, 5) is 12.8. The minimum Gasteiger partial charge on any atom is -0.490 e. The molecule has 5 nitrogen and oxygen atoms in total. The largest absolute Gasteiger partial charge is 0.490 e. The molecular formula is C16H24N2O3S. The van der Waals surface area contributed by atoms with Gasteiger partial charge in [-0.3, -0.25) is 4.79 Å². The summed E-state index contributed by atoms with van der Waals surface area (Å²) in [5.74, 6) is 2.41. The molecule has 0 spiro atoms. The van der Waals surface area contributed by atoms with Crippen LogP contribution in [0.15, 0.2) is 23.1 Å². The van der Waals surface area contributed by atoms with Crippen LogP contribution < -0.4 is 20.5 Å². The number of thioether (sulfide) groups is 1. The Morgan fingerprint density at radius 1 is 1.36 bits per heavy atom. The van der Waals surface area contributed by atoms with Crippen molar-refractivity contribution in [2.75, 3.05) is 25.5 Å². The van der Waals surface area contributed by atoms with Crippen molar-refractivity contribution in [2.24, 2.45) is 5.73 Å². The number of amides is 1. The summed E-state index contributed by atoms with van der Waals surface area (Å²) in [6.45, 7) is 3.96. The van der Waals surface area contributed by atoms with Crippen molar-refractivity contribution in [3.8, 4) is 11.5 Å². The molecule has 0 fully saturated rings. The molecule has 1 unspecified atom stereocenters. The smallest absolute Gasteiger partial charge is 0.220 e. The molecule has 1 aromatic carbocycles. The van der Waals surface area contributed by atoms with Gasteiger partial charge in [-0.25, -0.2) is 0 Å². The quantitative estimate of drug-likeness (QED) is 0.752. The van der Waals surface area contributed by atoms with E-state index in [-0.39, 0.29) is 11.9 Å². The second-order valence-electron chi connectivity index (χ2n) is 5.37. The van der Waals surface area contributed by atoms with E-state index in [2.05, 4.69) is 5.32 Å². The summed E-state index contributed by atoms with van der Waals surface area (Å²) in [6.07, 6.45) is 2.21. The molecule has 2 rings (SSSR count). The van der Waals surface area contributed by atoms with Gasteiger partial charge in [-0.1, -0.05) is 0 Å². The molecule has 1 aliphatic rings. The van der Waals surface area contributed by atoms with Gasteiger partial charge in [0.1, 0.15) is 0 Å². The van der Waals surface area contributed by atoms with E-state index in [0.29, 0.717) is 26.2 Å². The van der Waals surface area contributed by atoms with Crippen LogP contribution in [0.2, 0.25) is 0 Å². The molecule has 1 atom stereocenters. The fourth-order valence-corrected chi connectivity index (χ4v) is 2.90. The Labute approximate surface area is 135 Å². The molecule has 22 heavy (non-hydrogen) atoms. The number of nitrogens with one attached hydrogen (secondary N) is 1. The minimum atomic E-state index is 0.0718. The minimum absolute atomic E-state index is 0.0718. The summed E-state index contributed by atoms with van der Waals surface area (Å²) in [7, 11) is 0. The first-order chi connectivity index (χ1) is 10.6. The molecular weight excluding hydrogens is 300 g/mol. The molecule has 1 aliphatic heterocycles. The average molecular weight is 324 g/mol. The standard InChI is InChI=1S/C16H24N2O3S/c1-12(17)5-7-18-16(19)6-10-22-13-3-4-14-15(11-13)21-9-2-8-20-14/h3-4,11-12H,2,5-10,17H2,1H3,(H,18,19). The molecule has 1 aromatic rings. The third kappa shape index (κ3) is 5.77. The highest BCUT2D eigenvalue weighted by molar-refractivity contribution is 7.99. The van der Waals surface area contributed by atoms with Crippen LogP contribution in [-0.4, -0.2) is 37.5 Å². The van der Waals surface area contributed by atoms with Crippen LogP contribution in [0.4, 0.5) is 0 Å². The summed E-state index contributed by atoms with van der Waals surface area (Å²) in [5.41, 5.74) is 5.64. The highest BCUT2D eigenvalue weighted by atomic mass is 32.2. The number of hydrogen-bond donors (Lipinski definition) is 2. The van der Waals surface area contributed by atoms with Gasteiger partial charge in [-0.2, -0.15) is 0 Å². The number of rotatable bonds is 7. The molecule has 1 heterocycles. The molecule has 0 saturated heterocycles. The van der Waals surface area contributed by atoms with E-state index in [1.165, 1.54) is 0 Å². The van der Waals surface area contributed by atoms with Crippen LogP contribution in [0.25, 0.3) is 0 Å². The van der Waals surface area contributed by atoms with Crippen LogP contribution in [0.1, 0.15) is 26.2 Å². The Hall–Kier alpha value is -1.40. The highest BCUT2D eigenvalue weighted by Crippen LogP contribution is 2.33. The lowest BCUT2D eigenvalue weighted by Crippen LogP contribution is -2.29. The molecule has 6 heteroatoms. The van der Waals surface area contributed by atoms with Crippen LogP contribution >= 0.6 is 11.8 Å². The van der Waals surface area contributed by atoms with E-state index < -0.39 is 0 Å². The number of hydrogen-bond acceptors (Lipinski definition) is 5. The van der Waals surface area contributed by atoms with Gasteiger partial charge >= 0.3 is 0 Å². The fraction of sp³-hybridized carbons (Fsp3) is 0.562. The second-order valence-corrected chi connectivity index (χ2v) is 6.54. The third-order valence-corrected chi connectivity index (χ3v) is 4.23. The van der Waals surface area contributed by atoms with Crippen LogP contribution in [0.3, 0.4) is 0 Å². The normalized spacial score (nSPS) is 15.0. The van der Waals surface area contributed by atoms with Crippen molar-refractivity contribution >= 4 is 17.7 Å². The Morgan fingerprint density at radius 2 is 2.14 bits per heavy atom. The van der Waals surface area contributed by atoms with Gasteiger partial charge < -0.3 is 20.5 Å². The molecule has 0 bridgehead atoms. The molecule has 3 N–H and O–H groups in total. The molecule has 122 valence electrons. The van der Waals surface area contributed by atoms with Crippen molar-refractivity contribution in [3.05, 3.63) is 18.2 Å². The number of carbonyl (C=O) groups excluding carboxylic acids is 1. The van der Waals surface area contributed by atoms with Crippen molar-refractivity contribution in [3.63, 3.8) is 0 Å². The van der Waals surface area contributed by atoms with Crippen LogP contribution in [0.5, 0.6) is 11.5 Å². The predicted molar refractivity (Wildman–Crippen MR) is 88.7 cm³/mol. The monoisotopic (exact) mass is 324 g/mol. The summed E-state index contributed by atoms with van der Waals surface area (Å²) < 4.78 is 11.3. The van der Waals surface area contributed by atoms with Gasteiger partial charge in [0.15, 0.2) is 11.5 Å². The fourth-order valence-electron chi connectivity index (χ4n) is 2.02. The lowest BCUT2D eigenvalue weighted by molar-refractivity contribution is -0.120. The van der Waals surface area contributed by atoms with Gasteiger partial charge in [0.05, 0.1) is 13.2 Å². The number of carbonyl (C=O) groups is 1. The van der Waals surface area contributed by atoms with E-state index >= 15 is 0 Å². The van der Waals surface area contributed by atoms with Gasteiger partial charge in [-0.05, 0) is 31.5 Å². The first-order valence-corrected chi connectivity index (χ1v) is 8.68. The lowest BCUT2D eigenvalue weighted by Gasteiger charge is -2.09.